The normalized spacial score (nSPS) is 14.5. The molecule has 5 nitrogen and oxygen atoms in total. The Kier molecular flexibility index (Phi) is 6.38. The molecule has 2 unspecified atom stereocenters. The molecule has 2 rings (SSSR count). The van der Waals surface area contributed by atoms with Gasteiger partial charge in [-0.2, -0.15) is 0 Å². The Morgan fingerprint density at radius 2 is 1.21 bits per heavy atom. The number of hydrogen-bond acceptors (Lipinski definition) is 5. The van der Waals surface area contributed by atoms with Crippen molar-refractivity contribution in [3.05, 3.63) is 85.0 Å². The summed E-state index contributed by atoms with van der Waals surface area (Å²) in [6, 6.07) is 13.1. The van der Waals surface area contributed by atoms with Crippen LogP contribution in [0.2, 0.25) is 0 Å². The van der Waals surface area contributed by atoms with Crippen LogP contribution in [0.3, 0.4) is 0 Å². The Bertz CT molecular complexity index is 682. The van der Waals surface area contributed by atoms with Crippen LogP contribution >= 0.6 is 8.25 Å². The number of benzene rings is 2. The highest BCUT2D eigenvalue weighted by atomic mass is 31.1. The van der Waals surface area contributed by atoms with Crippen LogP contribution in [0.4, 0.5) is 0 Å². The highest BCUT2D eigenvalue weighted by molar-refractivity contribution is 7.33. The molecule has 0 saturated carbocycles. The Balaban J connectivity index is 2.11. The summed E-state index contributed by atoms with van der Waals surface area (Å²) in [4.78, 5) is 0. The molecule has 0 aliphatic rings. The second kappa shape index (κ2) is 8.50. The molecule has 0 saturated heterocycles. The summed E-state index contributed by atoms with van der Waals surface area (Å²) in [5, 5.41) is 19.7. The molecule has 6 heteroatoms. The minimum Gasteiger partial charge on any atom is -0.508 e. The predicted molar refractivity (Wildman–Crippen MR) is 93.3 cm³/mol. The third-order valence-electron chi connectivity index (χ3n) is 3.36. The number of phenolic OH excluding ortho intramolecular Hbond substituents is 2. The average molecular weight is 346 g/mol. The maximum atomic E-state index is 12.2. The smallest absolute Gasteiger partial charge is 0.320 e. The fourth-order valence-corrected chi connectivity index (χ4v) is 3.09. The van der Waals surface area contributed by atoms with Crippen molar-refractivity contribution in [1.82, 2.24) is 0 Å². The molecule has 0 aliphatic carbocycles. The Morgan fingerprint density at radius 3 is 1.54 bits per heavy atom. The van der Waals surface area contributed by atoms with Gasteiger partial charge in [-0.05, 0) is 12.1 Å². The number of hydrogen-bond donors (Lipinski definition) is 2. The molecule has 2 aromatic carbocycles. The van der Waals surface area contributed by atoms with E-state index in [0.717, 1.165) is 0 Å². The van der Waals surface area contributed by atoms with E-state index in [1.54, 1.807) is 36.4 Å². The number of phenols is 2. The van der Waals surface area contributed by atoms with Gasteiger partial charge in [-0.15, -0.1) is 13.2 Å². The van der Waals surface area contributed by atoms with Crippen LogP contribution in [-0.4, -0.2) is 10.2 Å². The maximum absolute atomic E-state index is 12.2. The standard InChI is InChI=1S/C18H19O5P/c1-3-17(13-9-5-7-11-15(13)19)22-24(21)23-18(4-2)14-10-6-8-12-16(14)20/h3-12,17-20,24H,1-2H2. The maximum Gasteiger partial charge on any atom is 0.320 e. The Hall–Kier alpha value is -2.33. The summed E-state index contributed by atoms with van der Waals surface area (Å²) < 4.78 is 23.0. The van der Waals surface area contributed by atoms with E-state index in [-0.39, 0.29) is 11.5 Å². The van der Waals surface area contributed by atoms with Crippen LogP contribution in [0.25, 0.3) is 0 Å². The van der Waals surface area contributed by atoms with Crippen LogP contribution < -0.4 is 0 Å². The molecule has 2 N–H and O–H groups in total. The second-order valence-corrected chi connectivity index (χ2v) is 5.89. The molecule has 2 aromatic rings. The van der Waals surface area contributed by atoms with Gasteiger partial charge < -0.3 is 10.2 Å². The molecular formula is C18H19O5P. The van der Waals surface area contributed by atoms with E-state index in [2.05, 4.69) is 13.2 Å². The van der Waals surface area contributed by atoms with E-state index < -0.39 is 20.5 Å². The first-order valence-corrected chi connectivity index (χ1v) is 8.47. The molecule has 126 valence electrons. The van der Waals surface area contributed by atoms with Crippen LogP contribution in [-0.2, 0) is 13.6 Å². The monoisotopic (exact) mass is 346 g/mol. The zero-order valence-corrected chi connectivity index (χ0v) is 14.0. The van der Waals surface area contributed by atoms with E-state index in [1.165, 1.54) is 24.3 Å². The summed E-state index contributed by atoms with van der Waals surface area (Å²) in [7, 11) is -2.95. The van der Waals surface area contributed by atoms with E-state index in [9.17, 15) is 14.8 Å². The van der Waals surface area contributed by atoms with Gasteiger partial charge in [0.2, 0.25) is 0 Å². The summed E-state index contributed by atoms with van der Waals surface area (Å²) in [6.07, 6.45) is 1.27. The average Bonchev–Trinajstić information content (AvgIpc) is 2.59. The number of rotatable bonds is 8. The van der Waals surface area contributed by atoms with E-state index in [4.69, 9.17) is 9.05 Å². The fraction of sp³-hybridized carbons (Fsp3) is 0.111. The van der Waals surface area contributed by atoms with Crippen LogP contribution in [0.15, 0.2) is 73.8 Å². The Labute approximate surface area is 141 Å². The van der Waals surface area contributed by atoms with Gasteiger partial charge in [0.25, 0.3) is 0 Å². The first-order valence-electron chi connectivity index (χ1n) is 7.25. The quantitative estimate of drug-likeness (QED) is 0.536. The molecule has 2 atom stereocenters. The van der Waals surface area contributed by atoms with Crippen molar-refractivity contribution in [2.24, 2.45) is 0 Å². The number of para-hydroxylation sites is 2. The van der Waals surface area contributed by atoms with Crippen molar-refractivity contribution < 1.29 is 23.8 Å². The topological polar surface area (TPSA) is 76.0 Å². The summed E-state index contributed by atoms with van der Waals surface area (Å²) in [6.45, 7) is 7.26. The van der Waals surface area contributed by atoms with Gasteiger partial charge >= 0.3 is 8.25 Å². The van der Waals surface area contributed by atoms with Gasteiger partial charge in [-0.25, -0.2) is 0 Å². The summed E-state index contributed by atoms with van der Waals surface area (Å²) >= 11 is 0. The molecule has 0 bridgehead atoms. The first-order chi connectivity index (χ1) is 11.6. The van der Waals surface area contributed by atoms with Gasteiger partial charge in [0, 0.05) is 11.1 Å². The van der Waals surface area contributed by atoms with Crippen molar-refractivity contribution >= 4 is 8.25 Å². The lowest BCUT2D eigenvalue weighted by Crippen LogP contribution is -2.01. The van der Waals surface area contributed by atoms with Gasteiger partial charge in [-0.1, -0.05) is 48.6 Å². The van der Waals surface area contributed by atoms with Crippen molar-refractivity contribution in [3.63, 3.8) is 0 Å². The lowest BCUT2D eigenvalue weighted by atomic mass is 10.1. The van der Waals surface area contributed by atoms with Gasteiger partial charge in [0.05, 0.1) is 0 Å². The summed E-state index contributed by atoms with van der Waals surface area (Å²) in [5.74, 6) is 0.0244. The molecule has 0 aliphatic heterocycles. The zero-order valence-electron chi connectivity index (χ0n) is 13.0. The minimum atomic E-state index is -2.95. The van der Waals surface area contributed by atoms with Crippen molar-refractivity contribution in [2.75, 3.05) is 0 Å². The first kappa shape index (κ1) is 18.0. The molecule has 0 heterocycles. The SMILES string of the molecule is C=CC(O[PH](=O)OC(C=C)c1ccccc1O)c1ccccc1O. The fourth-order valence-electron chi connectivity index (χ4n) is 2.17. The molecule has 0 spiro atoms. The highest BCUT2D eigenvalue weighted by Crippen LogP contribution is 2.42. The summed E-state index contributed by atoms with van der Waals surface area (Å²) in [5.41, 5.74) is 0.874. The van der Waals surface area contributed by atoms with Crippen molar-refractivity contribution in [1.29, 1.82) is 0 Å². The molecule has 0 aromatic heterocycles. The van der Waals surface area contributed by atoms with E-state index in [1.807, 2.05) is 0 Å². The molecule has 24 heavy (non-hydrogen) atoms. The van der Waals surface area contributed by atoms with E-state index >= 15 is 0 Å². The van der Waals surface area contributed by atoms with Crippen LogP contribution in [0.5, 0.6) is 11.5 Å². The zero-order chi connectivity index (χ0) is 17.5. The van der Waals surface area contributed by atoms with Crippen molar-refractivity contribution in [3.8, 4) is 11.5 Å². The molecule has 0 amide bonds. The molecule has 0 radical (unpaired) electrons. The third kappa shape index (κ3) is 4.36. The number of aromatic hydroxyl groups is 2. The lowest BCUT2D eigenvalue weighted by molar-refractivity contribution is 0.167. The van der Waals surface area contributed by atoms with E-state index in [0.29, 0.717) is 11.1 Å². The lowest BCUT2D eigenvalue weighted by Gasteiger charge is -2.19. The highest BCUT2D eigenvalue weighted by Gasteiger charge is 2.20. The molecular weight excluding hydrogens is 327 g/mol. The third-order valence-corrected chi connectivity index (χ3v) is 4.25. The van der Waals surface area contributed by atoms with Gasteiger partial charge in [0.15, 0.2) is 0 Å². The largest absolute Gasteiger partial charge is 0.508 e. The van der Waals surface area contributed by atoms with Gasteiger partial charge in [0.1, 0.15) is 23.7 Å². The second-order valence-electron chi connectivity index (χ2n) is 4.92. The Morgan fingerprint density at radius 1 is 0.833 bits per heavy atom. The van der Waals surface area contributed by atoms with Crippen molar-refractivity contribution in [2.45, 2.75) is 12.2 Å². The van der Waals surface area contributed by atoms with Crippen LogP contribution in [0.1, 0.15) is 23.3 Å². The minimum absolute atomic E-state index is 0.0122. The van der Waals surface area contributed by atoms with Crippen LogP contribution in [0, 0.1) is 0 Å². The van der Waals surface area contributed by atoms with Gasteiger partial charge in [-0.3, -0.25) is 13.6 Å². The molecule has 0 fully saturated rings. The predicted octanol–water partition coefficient (Wildman–Crippen LogP) is 4.68.